The van der Waals surface area contributed by atoms with Crippen LogP contribution in [-0.4, -0.2) is 54.7 Å². The monoisotopic (exact) mass is 315 g/mol. The zero-order valence-corrected chi connectivity index (χ0v) is 12.5. The molecular weight excluding hydrogens is 298 g/mol. The van der Waals surface area contributed by atoms with E-state index in [1.165, 1.54) is 23.3 Å². The zero-order valence-electron chi connectivity index (χ0n) is 12.5. The Morgan fingerprint density at radius 1 is 1.30 bits per heavy atom. The molecule has 2 aromatic rings. The SMILES string of the molecule is O=C(O)Cn1nccc1[C@H]1CCCN(C(=O)c2cnccn2)C1. The number of carboxylic acids is 1. The fraction of sp³-hybridized carbons (Fsp3) is 0.400. The summed E-state index contributed by atoms with van der Waals surface area (Å²) in [7, 11) is 0. The molecule has 1 atom stereocenters. The third kappa shape index (κ3) is 3.36. The topological polar surface area (TPSA) is 101 Å². The Kier molecular flexibility index (Phi) is 4.31. The highest BCUT2D eigenvalue weighted by atomic mass is 16.4. The van der Waals surface area contributed by atoms with Crippen LogP contribution in [-0.2, 0) is 11.3 Å². The lowest BCUT2D eigenvalue weighted by Crippen LogP contribution is -2.40. The first-order valence-electron chi connectivity index (χ1n) is 7.44. The van der Waals surface area contributed by atoms with Crippen LogP contribution in [0, 0.1) is 0 Å². The number of hydrogen-bond acceptors (Lipinski definition) is 5. The van der Waals surface area contributed by atoms with Crippen molar-refractivity contribution in [1.29, 1.82) is 0 Å². The number of nitrogens with zero attached hydrogens (tertiary/aromatic N) is 5. The summed E-state index contributed by atoms with van der Waals surface area (Å²) < 4.78 is 1.49. The molecule has 1 N–H and O–H groups in total. The van der Waals surface area contributed by atoms with E-state index in [4.69, 9.17) is 5.11 Å². The van der Waals surface area contributed by atoms with E-state index in [0.717, 1.165) is 18.5 Å². The third-order valence-electron chi connectivity index (χ3n) is 3.94. The summed E-state index contributed by atoms with van der Waals surface area (Å²) in [6.45, 7) is 1.02. The van der Waals surface area contributed by atoms with E-state index < -0.39 is 5.97 Å². The van der Waals surface area contributed by atoms with Gasteiger partial charge < -0.3 is 10.0 Å². The molecule has 1 amide bonds. The molecule has 1 aliphatic heterocycles. The molecule has 0 bridgehead atoms. The van der Waals surface area contributed by atoms with Crippen LogP contribution in [0.3, 0.4) is 0 Å². The minimum atomic E-state index is -0.932. The van der Waals surface area contributed by atoms with E-state index in [1.54, 1.807) is 11.1 Å². The van der Waals surface area contributed by atoms with Gasteiger partial charge in [0.15, 0.2) is 0 Å². The smallest absolute Gasteiger partial charge is 0.325 e. The standard InChI is InChI=1S/C15H17N5O3/c21-14(22)10-20-13(3-4-18-20)11-2-1-7-19(9-11)15(23)12-8-16-5-6-17-12/h3-6,8,11H,1-2,7,9-10H2,(H,21,22)/t11-/m0/s1. The minimum Gasteiger partial charge on any atom is -0.480 e. The second-order valence-electron chi connectivity index (χ2n) is 5.49. The normalized spacial score (nSPS) is 17.9. The van der Waals surface area contributed by atoms with Crippen molar-refractivity contribution in [2.24, 2.45) is 0 Å². The maximum atomic E-state index is 12.5. The zero-order chi connectivity index (χ0) is 16.2. The van der Waals surface area contributed by atoms with Crippen molar-refractivity contribution in [2.45, 2.75) is 25.3 Å². The number of aromatic nitrogens is 4. The Morgan fingerprint density at radius 3 is 2.91 bits per heavy atom. The van der Waals surface area contributed by atoms with Crippen LogP contribution in [0.2, 0.25) is 0 Å². The van der Waals surface area contributed by atoms with Crippen molar-refractivity contribution in [1.82, 2.24) is 24.6 Å². The molecule has 23 heavy (non-hydrogen) atoms. The number of piperidine rings is 1. The van der Waals surface area contributed by atoms with Crippen molar-refractivity contribution in [3.05, 3.63) is 42.2 Å². The van der Waals surface area contributed by atoms with Gasteiger partial charge in [-0.1, -0.05) is 0 Å². The lowest BCUT2D eigenvalue weighted by atomic mass is 9.94. The predicted molar refractivity (Wildman–Crippen MR) is 79.8 cm³/mol. The van der Waals surface area contributed by atoms with E-state index in [2.05, 4.69) is 15.1 Å². The van der Waals surface area contributed by atoms with Crippen LogP contribution < -0.4 is 0 Å². The van der Waals surface area contributed by atoms with Crippen LogP contribution in [0.1, 0.15) is 34.9 Å². The van der Waals surface area contributed by atoms with Crippen molar-refractivity contribution >= 4 is 11.9 Å². The summed E-state index contributed by atoms with van der Waals surface area (Å²) in [5.74, 6) is -1.00. The third-order valence-corrected chi connectivity index (χ3v) is 3.94. The quantitative estimate of drug-likeness (QED) is 0.894. The van der Waals surface area contributed by atoms with Gasteiger partial charge >= 0.3 is 5.97 Å². The van der Waals surface area contributed by atoms with Gasteiger partial charge in [0.2, 0.25) is 0 Å². The Bertz CT molecular complexity index is 700. The highest BCUT2D eigenvalue weighted by Gasteiger charge is 2.28. The molecule has 0 saturated carbocycles. The van der Waals surface area contributed by atoms with Crippen molar-refractivity contribution < 1.29 is 14.7 Å². The summed E-state index contributed by atoms with van der Waals surface area (Å²) >= 11 is 0. The number of carbonyl (C=O) groups excluding carboxylic acids is 1. The van der Waals surface area contributed by atoms with Gasteiger partial charge in [-0.2, -0.15) is 5.10 Å². The largest absolute Gasteiger partial charge is 0.480 e. The molecule has 3 heterocycles. The van der Waals surface area contributed by atoms with Crippen LogP contribution in [0.25, 0.3) is 0 Å². The number of carbonyl (C=O) groups is 2. The Morgan fingerprint density at radius 2 is 2.17 bits per heavy atom. The van der Waals surface area contributed by atoms with Crippen LogP contribution in [0.5, 0.6) is 0 Å². The predicted octanol–water partition coefficient (Wildman–Crippen LogP) is 0.778. The molecule has 0 radical (unpaired) electrons. The number of hydrogen-bond donors (Lipinski definition) is 1. The molecule has 1 saturated heterocycles. The summed E-state index contributed by atoms with van der Waals surface area (Å²) in [5.41, 5.74) is 1.18. The van der Waals surface area contributed by atoms with Gasteiger partial charge in [-0.3, -0.25) is 19.3 Å². The number of aliphatic carboxylic acids is 1. The van der Waals surface area contributed by atoms with Gasteiger partial charge in [0.25, 0.3) is 5.91 Å². The van der Waals surface area contributed by atoms with Gasteiger partial charge in [-0.25, -0.2) is 4.98 Å². The molecule has 0 spiro atoms. The summed E-state index contributed by atoms with van der Waals surface area (Å²) in [5, 5.41) is 13.0. The molecule has 0 aromatic carbocycles. The molecular formula is C15H17N5O3. The molecule has 1 fully saturated rings. The van der Waals surface area contributed by atoms with E-state index >= 15 is 0 Å². The second kappa shape index (κ2) is 6.55. The van der Waals surface area contributed by atoms with Gasteiger partial charge in [0.05, 0.1) is 6.20 Å². The first kappa shape index (κ1) is 15.1. The van der Waals surface area contributed by atoms with Gasteiger partial charge in [-0.15, -0.1) is 0 Å². The molecule has 0 unspecified atom stereocenters. The Hall–Kier alpha value is -2.77. The number of amides is 1. The average Bonchev–Trinajstić information content (AvgIpc) is 3.02. The minimum absolute atomic E-state index is 0.0752. The molecule has 8 heteroatoms. The van der Waals surface area contributed by atoms with E-state index in [1.807, 2.05) is 6.07 Å². The molecule has 8 nitrogen and oxygen atoms in total. The molecule has 120 valence electrons. The van der Waals surface area contributed by atoms with Gasteiger partial charge in [0, 0.05) is 43.3 Å². The number of carboxylic acid groups (broad SMARTS) is 1. The lowest BCUT2D eigenvalue weighted by molar-refractivity contribution is -0.137. The summed E-state index contributed by atoms with van der Waals surface area (Å²) in [6, 6.07) is 1.82. The van der Waals surface area contributed by atoms with Gasteiger partial charge in [-0.05, 0) is 18.9 Å². The maximum absolute atomic E-state index is 12.5. The van der Waals surface area contributed by atoms with E-state index in [9.17, 15) is 9.59 Å². The van der Waals surface area contributed by atoms with E-state index in [0.29, 0.717) is 18.8 Å². The van der Waals surface area contributed by atoms with Crippen molar-refractivity contribution in [3.63, 3.8) is 0 Å². The highest BCUT2D eigenvalue weighted by Crippen LogP contribution is 2.27. The van der Waals surface area contributed by atoms with E-state index in [-0.39, 0.29) is 18.4 Å². The Labute approximate surface area is 132 Å². The molecule has 3 rings (SSSR count). The number of rotatable bonds is 4. The van der Waals surface area contributed by atoms with Crippen LogP contribution >= 0.6 is 0 Å². The summed E-state index contributed by atoms with van der Waals surface area (Å²) in [4.78, 5) is 33.1. The van der Waals surface area contributed by atoms with Crippen LogP contribution in [0.15, 0.2) is 30.9 Å². The Balaban J connectivity index is 1.75. The molecule has 1 aliphatic rings. The van der Waals surface area contributed by atoms with Crippen molar-refractivity contribution in [2.75, 3.05) is 13.1 Å². The number of likely N-dealkylation sites (tertiary alicyclic amines) is 1. The lowest BCUT2D eigenvalue weighted by Gasteiger charge is -2.32. The first-order valence-corrected chi connectivity index (χ1v) is 7.44. The van der Waals surface area contributed by atoms with Gasteiger partial charge in [0.1, 0.15) is 12.2 Å². The fourth-order valence-corrected chi connectivity index (χ4v) is 2.92. The molecule has 0 aliphatic carbocycles. The highest BCUT2D eigenvalue weighted by molar-refractivity contribution is 5.92. The first-order chi connectivity index (χ1) is 11.1. The second-order valence-corrected chi connectivity index (χ2v) is 5.49. The van der Waals surface area contributed by atoms with Crippen molar-refractivity contribution in [3.8, 4) is 0 Å². The average molecular weight is 315 g/mol. The van der Waals surface area contributed by atoms with Crippen LogP contribution in [0.4, 0.5) is 0 Å². The molecule has 2 aromatic heterocycles. The maximum Gasteiger partial charge on any atom is 0.325 e. The summed E-state index contributed by atoms with van der Waals surface area (Å²) in [6.07, 6.45) is 7.84. The fourth-order valence-electron chi connectivity index (χ4n) is 2.92.